The quantitative estimate of drug-likeness (QED) is 0.851. The molecule has 0 aliphatic carbocycles. The van der Waals surface area contributed by atoms with E-state index in [0.717, 1.165) is 25.0 Å². The van der Waals surface area contributed by atoms with Crippen molar-refractivity contribution in [2.24, 2.45) is 0 Å². The molecular formula is C13H14F2N2O2. The van der Waals surface area contributed by atoms with Crippen LogP contribution in [0.2, 0.25) is 0 Å². The standard InChI is InChI=1S/C13H14F2N2O2/c14-9-5-8(6-10(15)7-9)12(18)17-11-3-1-2-4-16-13(11)19/h5-7,11H,1-4H2,(H,16,19)(H,17,18)/t11-/m0/s1. The monoisotopic (exact) mass is 268 g/mol. The van der Waals surface area contributed by atoms with Gasteiger partial charge in [0.05, 0.1) is 0 Å². The van der Waals surface area contributed by atoms with Gasteiger partial charge in [-0.15, -0.1) is 0 Å². The van der Waals surface area contributed by atoms with Gasteiger partial charge in [-0.25, -0.2) is 8.78 Å². The van der Waals surface area contributed by atoms with E-state index in [-0.39, 0.29) is 11.5 Å². The smallest absolute Gasteiger partial charge is 0.252 e. The van der Waals surface area contributed by atoms with Crippen LogP contribution < -0.4 is 10.6 Å². The summed E-state index contributed by atoms with van der Waals surface area (Å²) in [5.41, 5.74) is -0.130. The van der Waals surface area contributed by atoms with Gasteiger partial charge in [-0.1, -0.05) is 0 Å². The van der Waals surface area contributed by atoms with E-state index >= 15 is 0 Å². The molecule has 0 aromatic heterocycles. The molecular weight excluding hydrogens is 254 g/mol. The van der Waals surface area contributed by atoms with Crippen LogP contribution in [0.5, 0.6) is 0 Å². The summed E-state index contributed by atoms with van der Waals surface area (Å²) in [5.74, 6) is -2.56. The Morgan fingerprint density at radius 2 is 1.89 bits per heavy atom. The number of rotatable bonds is 2. The topological polar surface area (TPSA) is 58.2 Å². The normalized spacial score (nSPS) is 19.5. The third-order valence-corrected chi connectivity index (χ3v) is 2.97. The number of hydrogen-bond acceptors (Lipinski definition) is 2. The SMILES string of the molecule is O=C(N[C@H]1CCCCNC1=O)c1cc(F)cc(F)c1. The molecule has 0 bridgehead atoms. The minimum Gasteiger partial charge on any atom is -0.354 e. The molecule has 1 saturated heterocycles. The first-order valence-corrected chi connectivity index (χ1v) is 6.11. The number of carbonyl (C=O) groups is 2. The van der Waals surface area contributed by atoms with Crippen LogP contribution in [-0.2, 0) is 4.79 Å². The van der Waals surface area contributed by atoms with Gasteiger partial charge in [-0.3, -0.25) is 9.59 Å². The van der Waals surface area contributed by atoms with Gasteiger partial charge in [-0.2, -0.15) is 0 Å². The highest BCUT2D eigenvalue weighted by Crippen LogP contribution is 2.10. The van der Waals surface area contributed by atoms with Gasteiger partial charge < -0.3 is 10.6 Å². The molecule has 0 radical (unpaired) electrons. The lowest BCUT2D eigenvalue weighted by atomic mass is 10.1. The number of carbonyl (C=O) groups excluding carboxylic acids is 2. The minimum absolute atomic E-state index is 0.130. The molecule has 1 atom stereocenters. The second-order valence-electron chi connectivity index (χ2n) is 4.47. The molecule has 4 nitrogen and oxygen atoms in total. The summed E-state index contributed by atoms with van der Waals surface area (Å²) in [7, 11) is 0. The summed E-state index contributed by atoms with van der Waals surface area (Å²) in [6, 6.07) is 1.91. The van der Waals surface area contributed by atoms with Gasteiger partial charge in [0.2, 0.25) is 5.91 Å². The zero-order valence-corrected chi connectivity index (χ0v) is 10.2. The maximum atomic E-state index is 13.0. The molecule has 1 heterocycles. The first kappa shape index (κ1) is 13.5. The van der Waals surface area contributed by atoms with Gasteiger partial charge in [-0.05, 0) is 31.4 Å². The van der Waals surface area contributed by atoms with Crippen molar-refractivity contribution in [3.05, 3.63) is 35.4 Å². The molecule has 1 aliphatic heterocycles. The largest absolute Gasteiger partial charge is 0.354 e. The molecule has 0 unspecified atom stereocenters. The highest BCUT2D eigenvalue weighted by molar-refractivity contribution is 5.97. The molecule has 102 valence electrons. The molecule has 1 fully saturated rings. The highest BCUT2D eigenvalue weighted by Gasteiger charge is 2.23. The van der Waals surface area contributed by atoms with E-state index in [2.05, 4.69) is 10.6 Å². The Bertz CT molecular complexity index is 485. The summed E-state index contributed by atoms with van der Waals surface area (Å²) in [6.45, 7) is 0.583. The number of benzene rings is 1. The number of amides is 2. The number of halogens is 2. The maximum Gasteiger partial charge on any atom is 0.252 e. The van der Waals surface area contributed by atoms with E-state index in [9.17, 15) is 18.4 Å². The fourth-order valence-electron chi connectivity index (χ4n) is 2.00. The van der Waals surface area contributed by atoms with Gasteiger partial charge in [0.25, 0.3) is 5.91 Å². The summed E-state index contributed by atoms with van der Waals surface area (Å²) >= 11 is 0. The van der Waals surface area contributed by atoms with Crippen LogP contribution in [0.25, 0.3) is 0 Å². The van der Waals surface area contributed by atoms with E-state index in [4.69, 9.17) is 0 Å². The zero-order chi connectivity index (χ0) is 13.8. The van der Waals surface area contributed by atoms with E-state index < -0.39 is 23.6 Å². The average Bonchev–Trinajstić information content (AvgIpc) is 2.54. The molecule has 19 heavy (non-hydrogen) atoms. The van der Waals surface area contributed by atoms with E-state index in [1.54, 1.807) is 0 Å². The van der Waals surface area contributed by atoms with Crippen LogP contribution in [0.1, 0.15) is 29.6 Å². The predicted molar refractivity (Wildman–Crippen MR) is 64.5 cm³/mol. The fraction of sp³-hybridized carbons (Fsp3) is 0.385. The lowest BCUT2D eigenvalue weighted by molar-refractivity contribution is -0.122. The van der Waals surface area contributed by atoms with Crippen LogP contribution in [0, 0.1) is 11.6 Å². The highest BCUT2D eigenvalue weighted by atomic mass is 19.1. The van der Waals surface area contributed by atoms with Crippen LogP contribution in [0.4, 0.5) is 8.78 Å². The molecule has 1 aromatic rings. The second kappa shape index (κ2) is 5.77. The first-order chi connectivity index (χ1) is 9.06. The van der Waals surface area contributed by atoms with Crippen LogP contribution in [0.15, 0.2) is 18.2 Å². The van der Waals surface area contributed by atoms with Gasteiger partial charge in [0, 0.05) is 18.2 Å². The first-order valence-electron chi connectivity index (χ1n) is 6.11. The third-order valence-electron chi connectivity index (χ3n) is 2.97. The summed E-state index contributed by atoms with van der Waals surface area (Å²) in [4.78, 5) is 23.5. The zero-order valence-electron chi connectivity index (χ0n) is 10.2. The molecule has 0 spiro atoms. The van der Waals surface area contributed by atoms with Crippen molar-refractivity contribution in [1.29, 1.82) is 0 Å². The fourth-order valence-corrected chi connectivity index (χ4v) is 2.00. The van der Waals surface area contributed by atoms with Crippen molar-refractivity contribution in [3.8, 4) is 0 Å². The van der Waals surface area contributed by atoms with Crippen molar-refractivity contribution in [1.82, 2.24) is 10.6 Å². The van der Waals surface area contributed by atoms with Crippen molar-refractivity contribution < 1.29 is 18.4 Å². The Balaban J connectivity index is 2.09. The third kappa shape index (κ3) is 3.49. The number of hydrogen-bond donors (Lipinski definition) is 2. The molecule has 2 amide bonds. The Hall–Kier alpha value is -1.98. The van der Waals surface area contributed by atoms with Crippen LogP contribution in [0.3, 0.4) is 0 Å². The van der Waals surface area contributed by atoms with E-state index in [1.165, 1.54) is 0 Å². The molecule has 6 heteroatoms. The van der Waals surface area contributed by atoms with Crippen molar-refractivity contribution in [2.45, 2.75) is 25.3 Å². The van der Waals surface area contributed by atoms with Crippen molar-refractivity contribution >= 4 is 11.8 Å². The van der Waals surface area contributed by atoms with Gasteiger partial charge in [0.1, 0.15) is 17.7 Å². The predicted octanol–water partition coefficient (Wildman–Crippen LogP) is 1.36. The Labute approximate surface area is 109 Å². The average molecular weight is 268 g/mol. The molecule has 2 rings (SSSR count). The van der Waals surface area contributed by atoms with Gasteiger partial charge >= 0.3 is 0 Å². The summed E-state index contributed by atoms with van der Waals surface area (Å²) in [5, 5.41) is 5.17. The van der Waals surface area contributed by atoms with E-state index in [0.29, 0.717) is 19.0 Å². The molecule has 1 aromatic carbocycles. The van der Waals surface area contributed by atoms with Crippen molar-refractivity contribution in [3.63, 3.8) is 0 Å². The van der Waals surface area contributed by atoms with Crippen LogP contribution >= 0.6 is 0 Å². The summed E-state index contributed by atoms with van der Waals surface area (Å²) < 4.78 is 26.0. The Morgan fingerprint density at radius 1 is 1.21 bits per heavy atom. The Morgan fingerprint density at radius 3 is 2.58 bits per heavy atom. The lowest BCUT2D eigenvalue weighted by Gasteiger charge is -2.15. The summed E-state index contributed by atoms with van der Waals surface area (Å²) in [6.07, 6.45) is 2.18. The maximum absolute atomic E-state index is 13.0. The van der Waals surface area contributed by atoms with Crippen molar-refractivity contribution in [2.75, 3.05) is 6.54 Å². The molecule has 1 aliphatic rings. The Kier molecular flexibility index (Phi) is 4.09. The lowest BCUT2D eigenvalue weighted by Crippen LogP contribution is -2.45. The van der Waals surface area contributed by atoms with E-state index in [1.807, 2.05) is 0 Å². The minimum atomic E-state index is -0.824. The molecule has 0 saturated carbocycles. The molecule has 2 N–H and O–H groups in total. The van der Waals surface area contributed by atoms with Crippen LogP contribution in [-0.4, -0.2) is 24.4 Å². The second-order valence-corrected chi connectivity index (χ2v) is 4.47. The van der Waals surface area contributed by atoms with Gasteiger partial charge in [0.15, 0.2) is 0 Å². The number of nitrogens with one attached hydrogen (secondary N) is 2.